The number of carbonyl (C=O) groups excluding carboxylic acids is 2. The van der Waals surface area contributed by atoms with E-state index in [0.717, 1.165) is 29.3 Å². The van der Waals surface area contributed by atoms with Crippen LogP contribution >= 0.6 is 11.6 Å². The van der Waals surface area contributed by atoms with Gasteiger partial charge in [0.25, 0.3) is 11.8 Å². The van der Waals surface area contributed by atoms with Crippen LogP contribution in [0.25, 0.3) is 11.6 Å². The van der Waals surface area contributed by atoms with Crippen LogP contribution in [0.3, 0.4) is 0 Å². The van der Waals surface area contributed by atoms with Gasteiger partial charge in [0.1, 0.15) is 17.8 Å². The van der Waals surface area contributed by atoms with Gasteiger partial charge in [-0.25, -0.2) is 9.97 Å². The van der Waals surface area contributed by atoms with Crippen molar-refractivity contribution in [2.24, 2.45) is 0 Å². The quantitative estimate of drug-likeness (QED) is 0.190. The number of nitrogens with zero attached hydrogens (tertiary/aromatic N) is 9. The maximum atomic E-state index is 13.2. The molecule has 0 aliphatic carbocycles. The molecule has 290 valence electrons. The number of H-pyrrole nitrogens is 1. The smallest absolute Gasteiger partial charge is 0.332 e. The van der Waals surface area contributed by atoms with E-state index in [1.807, 2.05) is 29.7 Å². The third-order valence-corrected chi connectivity index (χ3v) is 10.1. The van der Waals surface area contributed by atoms with Crippen LogP contribution in [0.2, 0.25) is 5.02 Å². The zero-order valence-corrected chi connectivity index (χ0v) is 30.4. The SMILES string of the molecule is Cc1c(C(=O)N2Cc3nnn(-c4cc[nH]n4)c3C[C@H]2C)cccc1C(F)(F)F.O=C(c1cccc(C(F)(F)F)c1Cl)N1CCc2c(ncn2-c2ccccn2)C1. The van der Waals surface area contributed by atoms with Crippen molar-refractivity contribution in [3.8, 4) is 11.6 Å². The Hall–Kier alpha value is -6.04. The molecule has 2 aromatic carbocycles. The van der Waals surface area contributed by atoms with Crippen LogP contribution in [0, 0.1) is 6.92 Å². The number of hydrogen-bond acceptors (Lipinski definition) is 7. The molecule has 0 unspecified atom stereocenters. The number of benzene rings is 2. The van der Waals surface area contributed by atoms with Crippen molar-refractivity contribution in [1.82, 2.24) is 49.5 Å². The van der Waals surface area contributed by atoms with Gasteiger partial charge in [-0.15, -0.1) is 5.10 Å². The van der Waals surface area contributed by atoms with Crippen molar-refractivity contribution in [2.45, 2.75) is 58.2 Å². The van der Waals surface area contributed by atoms with Gasteiger partial charge in [-0.3, -0.25) is 19.3 Å². The van der Waals surface area contributed by atoms with Crippen molar-refractivity contribution in [2.75, 3.05) is 6.54 Å². The van der Waals surface area contributed by atoms with Gasteiger partial charge >= 0.3 is 12.4 Å². The Morgan fingerprint density at radius 3 is 2.23 bits per heavy atom. The molecule has 0 spiro atoms. The zero-order chi connectivity index (χ0) is 39.9. The predicted molar refractivity (Wildman–Crippen MR) is 189 cm³/mol. The molecule has 4 aromatic heterocycles. The Labute approximate surface area is 319 Å². The molecule has 2 amide bonds. The van der Waals surface area contributed by atoms with E-state index in [-0.39, 0.29) is 35.8 Å². The Balaban J connectivity index is 0.000000172. The van der Waals surface area contributed by atoms with Gasteiger partial charge in [-0.2, -0.15) is 36.1 Å². The third-order valence-electron chi connectivity index (χ3n) is 9.65. The van der Waals surface area contributed by atoms with Crippen LogP contribution in [0.15, 0.2) is 79.4 Å². The van der Waals surface area contributed by atoms with Crippen LogP contribution in [0.5, 0.6) is 0 Å². The minimum absolute atomic E-state index is 0.0461. The lowest BCUT2D eigenvalue weighted by atomic mass is 9.98. The molecule has 1 atom stereocenters. The van der Waals surface area contributed by atoms with E-state index in [9.17, 15) is 35.9 Å². The fourth-order valence-electron chi connectivity index (χ4n) is 6.78. The molecule has 2 aliphatic heterocycles. The highest BCUT2D eigenvalue weighted by Crippen LogP contribution is 2.37. The number of aromatic amines is 1. The maximum Gasteiger partial charge on any atom is 0.417 e. The lowest BCUT2D eigenvalue weighted by Gasteiger charge is -2.33. The van der Waals surface area contributed by atoms with Crippen molar-refractivity contribution in [3.05, 3.63) is 135 Å². The normalized spacial score (nSPS) is 15.5. The lowest BCUT2D eigenvalue weighted by Crippen LogP contribution is -2.43. The topological polar surface area (TPSA) is 131 Å². The van der Waals surface area contributed by atoms with Crippen LogP contribution in [-0.4, -0.2) is 73.9 Å². The summed E-state index contributed by atoms with van der Waals surface area (Å²) in [6.07, 6.45) is -3.17. The van der Waals surface area contributed by atoms with Crippen LogP contribution in [0.1, 0.15) is 67.1 Å². The second-order valence-corrected chi connectivity index (χ2v) is 13.5. The van der Waals surface area contributed by atoms with Crippen molar-refractivity contribution in [3.63, 3.8) is 0 Å². The predicted octanol–water partition coefficient (Wildman–Crippen LogP) is 7.04. The summed E-state index contributed by atoms with van der Waals surface area (Å²) in [5.41, 5.74) is 1.06. The highest BCUT2D eigenvalue weighted by atomic mass is 35.5. The molecular formula is C37H31ClF6N10O2. The minimum Gasteiger partial charge on any atom is -0.332 e. The second-order valence-electron chi connectivity index (χ2n) is 13.1. The summed E-state index contributed by atoms with van der Waals surface area (Å²) in [5.74, 6) is 0.316. The van der Waals surface area contributed by atoms with Gasteiger partial charge in [-0.1, -0.05) is 35.0 Å². The number of alkyl halides is 6. The number of rotatable bonds is 4. The van der Waals surface area contributed by atoms with Crippen molar-refractivity contribution >= 4 is 23.4 Å². The first kappa shape index (κ1) is 38.2. The summed E-state index contributed by atoms with van der Waals surface area (Å²) >= 11 is 5.90. The average molecular weight is 797 g/mol. The van der Waals surface area contributed by atoms with Gasteiger partial charge in [0.2, 0.25) is 0 Å². The first-order chi connectivity index (χ1) is 26.6. The molecule has 8 rings (SSSR count). The molecule has 0 saturated carbocycles. The minimum atomic E-state index is -4.62. The lowest BCUT2D eigenvalue weighted by molar-refractivity contribution is -0.138. The highest BCUT2D eigenvalue weighted by molar-refractivity contribution is 6.34. The molecule has 0 saturated heterocycles. The van der Waals surface area contributed by atoms with E-state index in [1.165, 1.54) is 41.0 Å². The van der Waals surface area contributed by atoms with E-state index >= 15 is 0 Å². The molecule has 12 nitrogen and oxygen atoms in total. The van der Waals surface area contributed by atoms with Gasteiger partial charge in [0.15, 0.2) is 5.82 Å². The van der Waals surface area contributed by atoms with Crippen molar-refractivity contribution < 1.29 is 35.9 Å². The van der Waals surface area contributed by atoms with Gasteiger partial charge in [0.05, 0.1) is 51.9 Å². The molecule has 56 heavy (non-hydrogen) atoms. The summed E-state index contributed by atoms with van der Waals surface area (Å²) in [5, 5.41) is 14.5. The Kier molecular flexibility index (Phi) is 10.2. The van der Waals surface area contributed by atoms with Crippen LogP contribution in [-0.2, 0) is 38.3 Å². The summed E-state index contributed by atoms with van der Waals surface area (Å²) < 4.78 is 82.2. The van der Waals surface area contributed by atoms with E-state index in [1.54, 1.807) is 29.5 Å². The number of aromatic nitrogens is 8. The van der Waals surface area contributed by atoms with E-state index in [0.29, 0.717) is 36.6 Å². The van der Waals surface area contributed by atoms with Gasteiger partial charge in [0, 0.05) is 49.5 Å². The van der Waals surface area contributed by atoms with E-state index < -0.39 is 40.3 Å². The number of nitrogens with one attached hydrogen (secondary N) is 1. The molecule has 6 aromatic rings. The Bertz CT molecular complexity index is 2390. The summed E-state index contributed by atoms with van der Waals surface area (Å²) in [6, 6.07) is 14.1. The van der Waals surface area contributed by atoms with Crippen molar-refractivity contribution in [1.29, 1.82) is 0 Å². The summed E-state index contributed by atoms with van der Waals surface area (Å²) in [6.45, 7) is 3.89. The number of fused-ring (bicyclic) bond motifs is 2. The van der Waals surface area contributed by atoms with Gasteiger partial charge < -0.3 is 9.80 Å². The number of pyridine rings is 1. The molecule has 2 aliphatic rings. The maximum absolute atomic E-state index is 13.2. The van der Waals surface area contributed by atoms with Crippen LogP contribution < -0.4 is 0 Å². The van der Waals surface area contributed by atoms with E-state index in [2.05, 4.69) is 30.5 Å². The fourth-order valence-corrected chi connectivity index (χ4v) is 7.10. The number of carbonyl (C=O) groups is 2. The Morgan fingerprint density at radius 2 is 1.55 bits per heavy atom. The number of hydrogen-bond donors (Lipinski definition) is 1. The number of amides is 2. The van der Waals surface area contributed by atoms with Gasteiger partial charge in [-0.05, 0) is 55.8 Å². The first-order valence-electron chi connectivity index (χ1n) is 17.2. The Morgan fingerprint density at radius 1 is 0.821 bits per heavy atom. The average Bonchev–Trinajstić information content (AvgIpc) is 3.94. The third kappa shape index (κ3) is 7.35. The molecule has 0 radical (unpaired) electrons. The zero-order valence-electron chi connectivity index (χ0n) is 29.6. The standard InChI is InChI=1S/C19H14ClF3N4O.C18H17F3N6O/c20-17-12(4-3-5-13(17)19(21,22)23)18(28)26-9-7-15-14(10-26)25-11-27(15)16-6-1-2-8-24-16;1-10-8-15-14(23-25-27(15)16-6-7-22-24-16)9-26(10)17(28)12-4-3-5-13(11(12)2)18(19,20)21/h1-6,8,11H,7,9-10H2;3-7,10H,8-9H2,1-2H3,(H,22,24)/t;10-/m.1/s1. The first-order valence-corrected chi connectivity index (χ1v) is 17.5. The second kappa shape index (κ2) is 14.9. The largest absolute Gasteiger partial charge is 0.417 e. The van der Waals surface area contributed by atoms with Crippen LogP contribution in [0.4, 0.5) is 26.3 Å². The molecule has 19 heteroatoms. The molecular weight excluding hydrogens is 766 g/mol. The number of imidazole rings is 1. The summed E-state index contributed by atoms with van der Waals surface area (Å²) in [7, 11) is 0. The fraction of sp³-hybridized carbons (Fsp3) is 0.270. The number of halogens is 7. The molecule has 0 bridgehead atoms. The molecule has 0 fully saturated rings. The van der Waals surface area contributed by atoms with E-state index in [4.69, 9.17) is 11.6 Å². The molecule has 1 N–H and O–H groups in total. The monoisotopic (exact) mass is 796 g/mol. The molecule has 6 heterocycles. The highest BCUT2D eigenvalue weighted by Gasteiger charge is 2.38. The summed E-state index contributed by atoms with van der Waals surface area (Å²) in [4.78, 5) is 37.5.